The lowest BCUT2D eigenvalue weighted by molar-refractivity contribution is 0.335. The number of anilines is 1. The minimum Gasteiger partial charge on any atom is -0.368 e. The third-order valence-corrected chi connectivity index (χ3v) is 7.69. The van der Waals surface area contributed by atoms with Gasteiger partial charge >= 0.3 is 0 Å². The van der Waals surface area contributed by atoms with Gasteiger partial charge in [0.25, 0.3) is 10.0 Å². The number of nitriles is 1. The van der Waals surface area contributed by atoms with Gasteiger partial charge in [-0.1, -0.05) is 24.6 Å². The van der Waals surface area contributed by atoms with Crippen molar-refractivity contribution in [3.05, 3.63) is 72.3 Å². The van der Waals surface area contributed by atoms with Gasteiger partial charge in [-0.2, -0.15) is 14.4 Å². The second-order valence-electron chi connectivity index (χ2n) is 9.72. The van der Waals surface area contributed by atoms with E-state index in [1.165, 1.54) is 24.5 Å². The lowest BCUT2D eigenvalue weighted by atomic mass is 9.86. The van der Waals surface area contributed by atoms with Crippen LogP contribution >= 0.6 is 0 Å². The smallest absolute Gasteiger partial charge is 0.250 e. The Hall–Kier alpha value is -4.01. The maximum atomic E-state index is 14.6. The van der Waals surface area contributed by atoms with Crippen LogP contribution in [0.15, 0.2) is 60.9 Å². The zero-order valence-electron chi connectivity index (χ0n) is 20.9. The molecule has 1 saturated carbocycles. The second-order valence-corrected chi connectivity index (χ2v) is 11.6. The maximum Gasteiger partial charge on any atom is 0.250 e. The van der Waals surface area contributed by atoms with Crippen LogP contribution in [0.2, 0.25) is 0 Å². The molecule has 196 valence electrons. The van der Waals surface area contributed by atoms with Crippen LogP contribution in [-0.4, -0.2) is 46.2 Å². The molecule has 11 heteroatoms. The van der Waals surface area contributed by atoms with Gasteiger partial charge in [-0.3, -0.25) is 0 Å². The number of aromatic nitrogens is 4. The van der Waals surface area contributed by atoms with Crippen LogP contribution in [0.5, 0.6) is 0 Å². The predicted octanol–water partition coefficient (Wildman–Crippen LogP) is 4.15. The van der Waals surface area contributed by atoms with E-state index in [-0.39, 0.29) is 11.6 Å². The van der Waals surface area contributed by atoms with Gasteiger partial charge in [0.15, 0.2) is 0 Å². The number of nitrogens with one attached hydrogen (secondary N) is 1. The third kappa shape index (κ3) is 5.46. The Bertz CT molecular complexity index is 1620. The van der Waals surface area contributed by atoms with Crippen molar-refractivity contribution in [3.8, 4) is 34.1 Å². The lowest BCUT2D eigenvalue weighted by Gasteiger charge is -2.26. The molecular formula is C27H28FN7O2S. The molecule has 38 heavy (non-hydrogen) atoms. The van der Waals surface area contributed by atoms with E-state index in [0.717, 1.165) is 48.1 Å². The Kier molecular flexibility index (Phi) is 7.01. The molecule has 1 fully saturated rings. The third-order valence-electron chi connectivity index (χ3n) is 6.81. The maximum absolute atomic E-state index is 14.6. The number of benzene rings is 2. The molecule has 0 spiro atoms. The fourth-order valence-corrected chi connectivity index (χ4v) is 5.38. The van der Waals surface area contributed by atoms with Crippen molar-refractivity contribution in [1.82, 2.24) is 19.0 Å². The summed E-state index contributed by atoms with van der Waals surface area (Å²) in [4.78, 5) is 0. The summed E-state index contributed by atoms with van der Waals surface area (Å²) in [6, 6.07) is 15.8. The van der Waals surface area contributed by atoms with Gasteiger partial charge in [-0.05, 0) is 55.0 Å². The minimum absolute atomic E-state index is 0.0308. The highest BCUT2D eigenvalue weighted by Crippen LogP contribution is 2.30. The fraction of sp³-hybridized carbons (Fsp3) is 0.296. The molecule has 1 aliphatic rings. The van der Waals surface area contributed by atoms with Crippen molar-refractivity contribution in [2.75, 3.05) is 18.1 Å². The van der Waals surface area contributed by atoms with Crippen LogP contribution in [0, 0.1) is 23.1 Å². The summed E-state index contributed by atoms with van der Waals surface area (Å²) in [7, 11) is -3.51. The van der Waals surface area contributed by atoms with Gasteiger partial charge in [0.1, 0.15) is 17.7 Å². The average molecular weight is 534 g/mol. The normalized spacial score (nSPS) is 17.7. The standard InChI is InChI=1S/C27H28FN7O2S/c1-38(36,37)34-17-22(16-32-34)19-5-3-7-24(11-19)35-26(20-8-9-21(14-29)25(28)12-20)13-27(33-35)31-15-18-4-2-6-23(30)10-18/h3,5,7-9,11-13,16-18,23H,2,4,6,10,15,30H2,1H3,(H,31,33)/t18-,23-/m0/s1. The number of nitrogens with two attached hydrogens (primary N) is 1. The van der Waals surface area contributed by atoms with Crippen LogP contribution in [-0.2, 0) is 10.0 Å². The van der Waals surface area contributed by atoms with E-state index in [0.29, 0.717) is 34.2 Å². The van der Waals surface area contributed by atoms with E-state index in [4.69, 9.17) is 16.1 Å². The highest BCUT2D eigenvalue weighted by Gasteiger charge is 2.20. The summed E-state index contributed by atoms with van der Waals surface area (Å²) in [5, 5.41) is 21.3. The van der Waals surface area contributed by atoms with Crippen molar-refractivity contribution in [1.29, 1.82) is 5.26 Å². The molecular weight excluding hydrogens is 505 g/mol. The summed E-state index contributed by atoms with van der Waals surface area (Å²) in [6.45, 7) is 0.733. The zero-order chi connectivity index (χ0) is 26.9. The van der Waals surface area contributed by atoms with Gasteiger partial charge in [0, 0.05) is 29.8 Å². The molecule has 4 aromatic rings. The largest absolute Gasteiger partial charge is 0.368 e. The summed E-state index contributed by atoms with van der Waals surface area (Å²) in [5.74, 6) is 0.485. The van der Waals surface area contributed by atoms with E-state index < -0.39 is 15.8 Å². The molecule has 3 N–H and O–H groups in total. The lowest BCUT2D eigenvalue weighted by Crippen LogP contribution is -2.31. The van der Waals surface area contributed by atoms with E-state index in [1.54, 1.807) is 10.7 Å². The molecule has 0 aliphatic heterocycles. The molecule has 9 nitrogen and oxygen atoms in total. The first-order valence-corrected chi connectivity index (χ1v) is 14.2. The number of halogens is 1. The Labute approximate surface area is 220 Å². The minimum atomic E-state index is -3.51. The second kappa shape index (κ2) is 10.4. The van der Waals surface area contributed by atoms with Gasteiger partial charge in [0.05, 0.1) is 35.6 Å². The number of hydrogen-bond donors (Lipinski definition) is 2. The van der Waals surface area contributed by atoms with Crippen LogP contribution in [0.4, 0.5) is 10.2 Å². The van der Waals surface area contributed by atoms with Gasteiger partial charge in [-0.15, -0.1) is 5.10 Å². The SMILES string of the molecule is CS(=O)(=O)n1cc(-c2cccc(-n3nc(NC[C@H]4CCC[C@H](N)C4)cc3-c3ccc(C#N)c(F)c3)c2)cn1. The van der Waals surface area contributed by atoms with Crippen molar-refractivity contribution >= 4 is 15.8 Å². The first kappa shape index (κ1) is 25.6. The topological polar surface area (TPSA) is 132 Å². The van der Waals surface area contributed by atoms with Gasteiger partial charge in [0.2, 0.25) is 0 Å². The quantitative estimate of drug-likeness (QED) is 0.365. The predicted molar refractivity (Wildman–Crippen MR) is 144 cm³/mol. The molecule has 2 atom stereocenters. The molecule has 0 amide bonds. The molecule has 2 heterocycles. The molecule has 2 aromatic carbocycles. The Morgan fingerprint density at radius 1 is 1.16 bits per heavy atom. The Morgan fingerprint density at radius 3 is 2.71 bits per heavy atom. The average Bonchev–Trinajstić information content (AvgIpc) is 3.56. The van der Waals surface area contributed by atoms with Crippen molar-refractivity contribution in [2.45, 2.75) is 31.7 Å². The van der Waals surface area contributed by atoms with Gasteiger partial charge < -0.3 is 11.1 Å². The Balaban J connectivity index is 1.52. The molecule has 2 aromatic heterocycles. The van der Waals surface area contributed by atoms with Crippen LogP contribution in [0.25, 0.3) is 28.1 Å². The van der Waals surface area contributed by atoms with Crippen LogP contribution in [0.3, 0.4) is 0 Å². The zero-order valence-corrected chi connectivity index (χ0v) is 21.7. The monoisotopic (exact) mass is 533 g/mol. The summed E-state index contributed by atoms with van der Waals surface area (Å²) in [5.41, 5.74) is 9.40. The van der Waals surface area contributed by atoms with Gasteiger partial charge in [-0.25, -0.2) is 17.5 Å². The molecule has 0 unspecified atom stereocenters. The molecule has 0 radical (unpaired) electrons. The van der Waals surface area contributed by atoms with Crippen molar-refractivity contribution in [2.24, 2.45) is 11.7 Å². The number of nitrogens with zero attached hydrogens (tertiary/aromatic N) is 5. The highest BCUT2D eigenvalue weighted by atomic mass is 32.2. The first-order chi connectivity index (χ1) is 18.2. The molecule has 0 bridgehead atoms. The number of rotatable bonds is 7. The van der Waals surface area contributed by atoms with E-state index in [9.17, 15) is 12.8 Å². The van der Waals surface area contributed by atoms with E-state index in [1.807, 2.05) is 36.4 Å². The molecule has 1 aliphatic carbocycles. The number of hydrogen-bond acceptors (Lipinski definition) is 7. The van der Waals surface area contributed by atoms with Crippen LogP contribution in [0.1, 0.15) is 31.2 Å². The van der Waals surface area contributed by atoms with Crippen molar-refractivity contribution < 1.29 is 12.8 Å². The van der Waals surface area contributed by atoms with E-state index in [2.05, 4.69) is 10.4 Å². The molecule has 5 rings (SSSR count). The summed E-state index contributed by atoms with van der Waals surface area (Å²) >= 11 is 0. The highest BCUT2D eigenvalue weighted by molar-refractivity contribution is 7.89. The van der Waals surface area contributed by atoms with Crippen LogP contribution < -0.4 is 11.1 Å². The van der Waals surface area contributed by atoms with E-state index >= 15 is 0 Å². The van der Waals surface area contributed by atoms with Crippen molar-refractivity contribution in [3.63, 3.8) is 0 Å². The summed E-state index contributed by atoms with van der Waals surface area (Å²) < 4.78 is 40.9. The molecule has 0 saturated heterocycles. The first-order valence-electron chi connectivity index (χ1n) is 12.4. The summed E-state index contributed by atoms with van der Waals surface area (Å²) in [6.07, 6.45) is 8.27. The Morgan fingerprint density at radius 2 is 2.00 bits per heavy atom. The fourth-order valence-electron chi connectivity index (χ4n) is 4.85.